The first kappa shape index (κ1) is 21.9. The minimum absolute atomic E-state index is 0.0920. The van der Waals surface area contributed by atoms with E-state index in [1.54, 1.807) is 0 Å². The average molecular weight is 473 g/mol. The van der Waals surface area contributed by atoms with E-state index in [1.165, 1.54) is 31.0 Å². The summed E-state index contributed by atoms with van der Waals surface area (Å²) in [5.41, 5.74) is 0. The minimum Gasteiger partial charge on any atom is -0.486 e. The summed E-state index contributed by atoms with van der Waals surface area (Å²) in [6, 6.07) is 7.25. The van der Waals surface area contributed by atoms with E-state index in [2.05, 4.69) is 30.3 Å². The Labute approximate surface area is 196 Å². The van der Waals surface area contributed by atoms with E-state index in [4.69, 9.17) is 9.47 Å². The number of hydrogen-bond donors (Lipinski definition) is 2. The summed E-state index contributed by atoms with van der Waals surface area (Å²) < 4.78 is 13.6. The second kappa shape index (κ2) is 9.90. The van der Waals surface area contributed by atoms with Gasteiger partial charge in [0.15, 0.2) is 22.8 Å². The molecule has 176 valence electrons. The van der Waals surface area contributed by atoms with Crippen LogP contribution in [-0.2, 0) is 4.79 Å². The topological polar surface area (TPSA) is 111 Å². The molecule has 3 heterocycles. The maximum Gasteiger partial charge on any atom is 0.321 e. The first-order valence-electron chi connectivity index (χ1n) is 11.5. The number of amides is 3. The molecule has 2 aromatic rings. The van der Waals surface area contributed by atoms with E-state index >= 15 is 0 Å². The lowest BCUT2D eigenvalue weighted by Gasteiger charge is -2.27. The number of nitrogens with one attached hydrogen (secondary N) is 2. The normalized spacial score (nSPS) is 19.8. The molecule has 0 bridgehead atoms. The molecule has 2 aliphatic heterocycles. The number of urea groups is 1. The Balaban J connectivity index is 1.09. The number of aromatic nitrogens is 3. The quantitative estimate of drug-likeness (QED) is 0.591. The summed E-state index contributed by atoms with van der Waals surface area (Å²) in [7, 11) is 0. The van der Waals surface area contributed by atoms with Crippen molar-refractivity contribution in [1.29, 1.82) is 0 Å². The summed E-state index contributed by atoms with van der Waals surface area (Å²) in [4.78, 5) is 26.8. The molecule has 33 heavy (non-hydrogen) atoms. The largest absolute Gasteiger partial charge is 0.486 e. The molecule has 1 aliphatic carbocycles. The van der Waals surface area contributed by atoms with E-state index in [0.717, 1.165) is 37.0 Å². The van der Waals surface area contributed by atoms with Crippen molar-refractivity contribution < 1.29 is 19.1 Å². The van der Waals surface area contributed by atoms with Crippen molar-refractivity contribution in [2.75, 3.05) is 36.9 Å². The zero-order valence-corrected chi connectivity index (χ0v) is 19.2. The molecule has 1 unspecified atom stereocenters. The third-order valence-corrected chi connectivity index (χ3v) is 6.78. The molecule has 10 nitrogen and oxygen atoms in total. The number of carbonyl (C=O) groups excluding carboxylic acids is 2. The molecule has 2 N–H and O–H groups in total. The lowest BCUT2D eigenvalue weighted by atomic mass is 10.1. The molecule has 1 saturated carbocycles. The van der Waals surface area contributed by atoms with Crippen LogP contribution in [0.25, 0.3) is 0 Å². The highest BCUT2D eigenvalue weighted by Gasteiger charge is 2.32. The lowest BCUT2D eigenvalue weighted by Crippen LogP contribution is -2.46. The summed E-state index contributed by atoms with van der Waals surface area (Å²) in [6.07, 6.45) is 5.49. The molecule has 1 atom stereocenters. The number of nitrogens with zero attached hydrogens (tertiary/aromatic N) is 4. The van der Waals surface area contributed by atoms with Gasteiger partial charge in [-0.25, -0.2) is 4.79 Å². The van der Waals surface area contributed by atoms with Gasteiger partial charge in [0, 0.05) is 19.1 Å². The predicted molar refractivity (Wildman–Crippen MR) is 123 cm³/mol. The fourth-order valence-electron chi connectivity index (χ4n) is 4.04. The van der Waals surface area contributed by atoms with E-state index in [9.17, 15) is 9.59 Å². The van der Waals surface area contributed by atoms with Crippen molar-refractivity contribution in [3.63, 3.8) is 0 Å². The van der Waals surface area contributed by atoms with Gasteiger partial charge >= 0.3 is 6.03 Å². The van der Waals surface area contributed by atoms with Crippen LogP contribution in [0.2, 0.25) is 0 Å². The Morgan fingerprint density at radius 2 is 1.88 bits per heavy atom. The Kier molecular flexibility index (Phi) is 6.56. The highest BCUT2D eigenvalue weighted by atomic mass is 32.2. The predicted octanol–water partition coefficient (Wildman–Crippen LogP) is 2.36. The first-order valence-corrected chi connectivity index (χ1v) is 12.4. The number of anilines is 1. The van der Waals surface area contributed by atoms with Gasteiger partial charge in [-0.2, -0.15) is 0 Å². The van der Waals surface area contributed by atoms with Gasteiger partial charge in [0.2, 0.25) is 11.9 Å². The van der Waals surface area contributed by atoms with Gasteiger partial charge in [-0.05, 0) is 44.2 Å². The number of piperidine rings is 1. The van der Waals surface area contributed by atoms with Gasteiger partial charge in [-0.3, -0.25) is 14.7 Å². The van der Waals surface area contributed by atoms with Crippen LogP contribution in [0, 0.1) is 0 Å². The Hall–Kier alpha value is -2.95. The van der Waals surface area contributed by atoms with Gasteiger partial charge in [-0.1, -0.05) is 23.9 Å². The summed E-state index contributed by atoms with van der Waals surface area (Å²) in [5, 5.41) is 14.5. The summed E-state index contributed by atoms with van der Waals surface area (Å²) in [5.74, 6) is 1.96. The zero-order valence-electron chi connectivity index (χ0n) is 18.4. The SMILES string of the molecule is O=C(CSc1nnc(N2CCCCC2)n1C1CC1)NC(=O)NCC1COc2ccccc2O1. The van der Waals surface area contributed by atoms with Gasteiger partial charge in [0.05, 0.1) is 12.3 Å². The van der Waals surface area contributed by atoms with Crippen LogP contribution in [0.5, 0.6) is 11.5 Å². The number of carbonyl (C=O) groups is 2. The van der Waals surface area contributed by atoms with Crippen LogP contribution in [-0.4, -0.2) is 64.8 Å². The van der Waals surface area contributed by atoms with Gasteiger partial charge in [0.25, 0.3) is 0 Å². The summed E-state index contributed by atoms with van der Waals surface area (Å²) >= 11 is 1.31. The number of thioether (sulfide) groups is 1. The van der Waals surface area contributed by atoms with E-state index in [-0.39, 0.29) is 24.3 Å². The van der Waals surface area contributed by atoms with Crippen LogP contribution in [0.4, 0.5) is 10.7 Å². The van der Waals surface area contributed by atoms with E-state index < -0.39 is 6.03 Å². The molecular formula is C22H28N6O4S. The molecule has 11 heteroatoms. The second-order valence-electron chi connectivity index (χ2n) is 8.48. The summed E-state index contributed by atoms with van der Waals surface area (Å²) in [6.45, 7) is 2.56. The highest BCUT2D eigenvalue weighted by molar-refractivity contribution is 7.99. The number of benzene rings is 1. The van der Waals surface area contributed by atoms with Crippen molar-refractivity contribution in [2.24, 2.45) is 0 Å². The van der Waals surface area contributed by atoms with Crippen LogP contribution >= 0.6 is 11.8 Å². The van der Waals surface area contributed by atoms with Crippen LogP contribution < -0.4 is 25.0 Å². The molecule has 2 fully saturated rings. The fraction of sp³-hybridized carbons (Fsp3) is 0.545. The Morgan fingerprint density at radius 1 is 1.09 bits per heavy atom. The van der Waals surface area contributed by atoms with Gasteiger partial charge < -0.3 is 19.7 Å². The number of ether oxygens (including phenoxy) is 2. The average Bonchev–Trinajstić information content (AvgIpc) is 3.60. The molecular weight excluding hydrogens is 444 g/mol. The van der Waals surface area contributed by atoms with Crippen molar-refractivity contribution in [3.05, 3.63) is 24.3 Å². The number of imide groups is 1. The Morgan fingerprint density at radius 3 is 2.67 bits per heavy atom. The van der Waals surface area contributed by atoms with Crippen LogP contribution in [0.15, 0.2) is 29.4 Å². The first-order chi connectivity index (χ1) is 16.2. The van der Waals surface area contributed by atoms with Crippen LogP contribution in [0.1, 0.15) is 38.1 Å². The number of para-hydroxylation sites is 2. The Bertz CT molecular complexity index is 1000. The highest BCUT2D eigenvalue weighted by Crippen LogP contribution is 2.41. The van der Waals surface area contributed by atoms with E-state index in [1.807, 2.05) is 24.3 Å². The van der Waals surface area contributed by atoms with Crippen molar-refractivity contribution in [2.45, 2.75) is 49.4 Å². The molecule has 3 aliphatic rings. The molecule has 5 rings (SSSR count). The number of hydrogen-bond acceptors (Lipinski definition) is 8. The molecule has 0 spiro atoms. The van der Waals surface area contributed by atoms with Crippen molar-refractivity contribution >= 4 is 29.6 Å². The van der Waals surface area contributed by atoms with Crippen molar-refractivity contribution in [1.82, 2.24) is 25.4 Å². The van der Waals surface area contributed by atoms with Crippen molar-refractivity contribution in [3.8, 4) is 11.5 Å². The standard InChI is InChI=1S/C22H28N6O4S/c29-19(24-20(30)23-12-16-13-31-17-6-2-3-7-18(17)32-16)14-33-22-26-25-21(28(22)15-8-9-15)27-10-4-1-5-11-27/h2-3,6-7,15-16H,1,4-5,8-14H2,(H2,23,24,29,30). The minimum atomic E-state index is -0.555. The maximum atomic E-state index is 12.3. The molecule has 1 aromatic heterocycles. The molecule has 1 saturated heterocycles. The smallest absolute Gasteiger partial charge is 0.321 e. The molecule has 1 aromatic carbocycles. The fourth-order valence-corrected chi connectivity index (χ4v) is 4.84. The maximum absolute atomic E-state index is 12.3. The lowest BCUT2D eigenvalue weighted by molar-refractivity contribution is -0.117. The van der Waals surface area contributed by atoms with Gasteiger partial charge in [-0.15, -0.1) is 10.2 Å². The third kappa shape index (κ3) is 5.35. The zero-order chi connectivity index (χ0) is 22.6. The second-order valence-corrected chi connectivity index (χ2v) is 9.42. The van der Waals surface area contributed by atoms with Gasteiger partial charge in [0.1, 0.15) is 6.61 Å². The van der Waals surface area contributed by atoms with Crippen LogP contribution in [0.3, 0.4) is 0 Å². The number of rotatable bonds is 7. The monoisotopic (exact) mass is 472 g/mol. The number of fused-ring (bicyclic) bond motifs is 1. The molecule has 0 radical (unpaired) electrons. The van der Waals surface area contributed by atoms with E-state index in [0.29, 0.717) is 24.1 Å². The third-order valence-electron chi connectivity index (χ3n) is 5.84. The molecule has 3 amide bonds.